The molecule has 0 aliphatic carbocycles. The Morgan fingerprint density at radius 2 is 2.11 bits per heavy atom. The van der Waals surface area contributed by atoms with Crippen LogP contribution in [0.25, 0.3) is 0 Å². The first kappa shape index (κ1) is 14.6. The van der Waals surface area contributed by atoms with Gasteiger partial charge in [-0.15, -0.1) is 11.3 Å². The van der Waals surface area contributed by atoms with Gasteiger partial charge in [0, 0.05) is 17.5 Å². The SMILES string of the molecule is CC(C)(C)OC(=O)CCC(=O)NCc1cncs1. The minimum Gasteiger partial charge on any atom is -0.460 e. The molecule has 0 aliphatic rings. The highest BCUT2D eigenvalue weighted by atomic mass is 32.1. The summed E-state index contributed by atoms with van der Waals surface area (Å²) in [5.74, 6) is -0.510. The van der Waals surface area contributed by atoms with Crippen LogP contribution in [0.1, 0.15) is 38.5 Å². The molecule has 0 saturated heterocycles. The third-order valence-electron chi connectivity index (χ3n) is 1.92. The molecule has 1 N–H and O–H groups in total. The van der Waals surface area contributed by atoms with Gasteiger partial charge in [-0.1, -0.05) is 0 Å². The highest BCUT2D eigenvalue weighted by Crippen LogP contribution is 2.09. The zero-order valence-electron chi connectivity index (χ0n) is 10.9. The molecule has 0 aliphatic heterocycles. The van der Waals surface area contributed by atoms with Crippen LogP contribution in [0.3, 0.4) is 0 Å². The molecule has 0 unspecified atom stereocenters. The molecule has 18 heavy (non-hydrogen) atoms. The van der Waals surface area contributed by atoms with Gasteiger partial charge < -0.3 is 10.1 Å². The number of ether oxygens (including phenoxy) is 1. The smallest absolute Gasteiger partial charge is 0.306 e. The fourth-order valence-corrected chi connectivity index (χ4v) is 1.75. The Hall–Kier alpha value is -1.43. The van der Waals surface area contributed by atoms with Gasteiger partial charge in [0.1, 0.15) is 5.60 Å². The lowest BCUT2D eigenvalue weighted by Gasteiger charge is -2.19. The molecule has 0 saturated carbocycles. The zero-order valence-corrected chi connectivity index (χ0v) is 11.7. The van der Waals surface area contributed by atoms with Gasteiger partial charge in [0.05, 0.1) is 18.5 Å². The normalized spacial score (nSPS) is 11.1. The summed E-state index contributed by atoms with van der Waals surface area (Å²) in [6, 6.07) is 0. The van der Waals surface area contributed by atoms with E-state index < -0.39 is 5.60 Å². The highest BCUT2D eigenvalue weighted by Gasteiger charge is 2.16. The monoisotopic (exact) mass is 270 g/mol. The number of rotatable bonds is 5. The maximum Gasteiger partial charge on any atom is 0.306 e. The maximum absolute atomic E-state index is 11.5. The van der Waals surface area contributed by atoms with Crippen LogP contribution >= 0.6 is 11.3 Å². The van der Waals surface area contributed by atoms with E-state index in [4.69, 9.17) is 4.74 Å². The Morgan fingerprint density at radius 3 is 2.67 bits per heavy atom. The van der Waals surface area contributed by atoms with Crippen molar-refractivity contribution >= 4 is 23.2 Å². The molecule has 0 bridgehead atoms. The lowest BCUT2D eigenvalue weighted by molar-refractivity contribution is -0.155. The average molecular weight is 270 g/mol. The van der Waals surface area contributed by atoms with Crippen LogP contribution < -0.4 is 5.32 Å². The standard InChI is InChI=1S/C12H18N2O3S/c1-12(2,3)17-11(16)5-4-10(15)14-7-9-6-13-8-18-9/h6,8H,4-5,7H2,1-3H3,(H,14,15). The van der Waals surface area contributed by atoms with E-state index in [1.807, 2.05) is 0 Å². The van der Waals surface area contributed by atoms with Gasteiger partial charge in [0.2, 0.25) is 5.91 Å². The summed E-state index contributed by atoms with van der Waals surface area (Å²) in [5, 5.41) is 2.73. The van der Waals surface area contributed by atoms with Crippen molar-refractivity contribution in [2.45, 2.75) is 45.8 Å². The van der Waals surface area contributed by atoms with Gasteiger partial charge in [-0.05, 0) is 20.8 Å². The van der Waals surface area contributed by atoms with Crippen LogP contribution in [0, 0.1) is 0 Å². The van der Waals surface area contributed by atoms with E-state index in [-0.39, 0.29) is 24.7 Å². The maximum atomic E-state index is 11.5. The number of thiazole rings is 1. The number of aromatic nitrogens is 1. The van der Waals surface area contributed by atoms with Gasteiger partial charge in [-0.2, -0.15) is 0 Å². The van der Waals surface area contributed by atoms with E-state index in [1.54, 1.807) is 32.5 Å². The number of amides is 1. The van der Waals surface area contributed by atoms with Crippen LogP contribution in [-0.4, -0.2) is 22.5 Å². The van der Waals surface area contributed by atoms with Gasteiger partial charge in [-0.3, -0.25) is 14.6 Å². The molecule has 1 heterocycles. The predicted molar refractivity (Wildman–Crippen MR) is 69.0 cm³/mol. The minimum atomic E-state index is -0.504. The Morgan fingerprint density at radius 1 is 1.39 bits per heavy atom. The summed E-state index contributed by atoms with van der Waals surface area (Å²) in [7, 11) is 0. The fourth-order valence-electron chi connectivity index (χ4n) is 1.21. The number of hydrogen-bond donors (Lipinski definition) is 1. The molecule has 0 atom stereocenters. The average Bonchev–Trinajstić information content (AvgIpc) is 2.74. The summed E-state index contributed by atoms with van der Waals surface area (Å²) < 4.78 is 5.11. The predicted octanol–water partition coefficient (Wildman–Crippen LogP) is 1.88. The van der Waals surface area contributed by atoms with Crippen molar-refractivity contribution in [1.82, 2.24) is 10.3 Å². The van der Waals surface area contributed by atoms with Crippen molar-refractivity contribution in [2.24, 2.45) is 0 Å². The summed E-state index contributed by atoms with van der Waals surface area (Å²) in [5.41, 5.74) is 1.21. The Kier molecular flexibility index (Phi) is 5.27. The van der Waals surface area contributed by atoms with Crippen LogP contribution in [0.4, 0.5) is 0 Å². The van der Waals surface area contributed by atoms with E-state index >= 15 is 0 Å². The largest absolute Gasteiger partial charge is 0.460 e. The topological polar surface area (TPSA) is 68.3 Å². The molecule has 6 heteroatoms. The van der Waals surface area contributed by atoms with Gasteiger partial charge in [-0.25, -0.2) is 0 Å². The van der Waals surface area contributed by atoms with Crippen LogP contribution in [0.5, 0.6) is 0 Å². The Balaban J connectivity index is 2.19. The van der Waals surface area contributed by atoms with Crippen LogP contribution in [0.2, 0.25) is 0 Å². The van der Waals surface area contributed by atoms with Crippen molar-refractivity contribution in [2.75, 3.05) is 0 Å². The summed E-state index contributed by atoms with van der Waals surface area (Å²) in [4.78, 5) is 27.8. The van der Waals surface area contributed by atoms with Crippen molar-refractivity contribution in [3.63, 3.8) is 0 Å². The van der Waals surface area contributed by atoms with Crippen LogP contribution in [0.15, 0.2) is 11.7 Å². The summed E-state index contributed by atoms with van der Waals surface area (Å²) in [6.45, 7) is 5.86. The second-order valence-corrected chi connectivity index (χ2v) is 5.80. The number of nitrogens with one attached hydrogen (secondary N) is 1. The molecule has 0 fully saturated rings. The lowest BCUT2D eigenvalue weighted by Crippen LogP contribution is -2.26. The lowest BCUT2D eigenvalue weighted by atomic mass is 10.2. The molecular formula is C12H18N2O3S. The van der Waals surface area contributed by atoms with Crippen molar-refractivity contribution in [3.05, 3.63) is 16.6 Å². The van der Waals surface area contributed by atoms with E-state index in [0.717, 1.165) is 4.88 Å². The highest BCUT2D eigenvalue weighted by molar-refractivity contribution is 7.09. The molecule has 1 aromatic heterocycles. The summed E-state index contributed by atoms with van der Waals surface area (Å²) >= 11 is 1.48. The first-order valence-electron chi connectivity index (χ1n) is 5.73. The van der Waals surface area contributed by atoms with E-state index in [2.05, 4.69) is 10.3 Å². The summed E-state index contributed by atoms with van der Waals surface area (Å²) in [6.07, 6.45) is 1.96. The van der Waals surface area contributed by atoms with Crippen molar-refractivity contribution < 1.29 is 14.3 Å². The molecular weight excluding hydrogens is 252 g/mol. The van der Waals surface area contributed by atoms with E-state index in [9.17, 15) is 9.59 Å². The minimum absolute atomic E-state index is 0.103. The van der Waals surface area contributed by atoms with Gasteiger partial charge in [0.25, 0.3) is 0 Å². The zero-order chi connectivity index (χ0) is 13.6. The molecule has 1 rings (SSSR count). The number of nitrogens with zero attached hydrogens (tertiary/aromatic N) is 1. The van der Waals surface area contributed by atoms with Crippen molar-refractivity contribution in [1.29, 1.82) is 0 Å². The fraction of sp³-hybridized carbons (Fsp3) is 0.583. The molecule has 1 amide bonds. The molecule has 0 spiro atoms. The van der Waals surface area contributed by atoms with Gasteiger partial charge in [0.15, 0.2) is 0 Å². The quantitative estimate of drug-likeness (QED) is 0.829. The first-order chi connectivity index (χ1) is 8.37. The number of carbonyl (C=O) groups is 2. The molecule has 5 nitrogen and oxygen atoms in total. The van der Waals surface area contributed by atoms with Crippen molar-refractivity contribution in [3.8, 4) is 0 Å². The molecule has 1 aromatic rings. The number of esters is 1. The molecule has 0 aromatic carbocycles. The number of carbonyl (C=O) groups excluding carboxylic acids is 2. The Labute approximate surface area is 111 Å². The third kappa shape index (κ3) is 6.34. The van der Waals surface area contributed by atoms with E-state index in [0.29, 0.717) is 6.54 Å². The first-order valence-corrected chi connectivity index (χ1v) is 6.61. The Bertz CT molecular complexity index is 396. The van der Waals surface area contributed by atoms with Gasteiger partial charge >= 0.3 is 5.97 Å². The van der Waals surface area contributed by atoms with E-state index in [1.165, 1.54) is 11.3 Å². The molecule has 100 valence electrons. The molecule has 0 radical (unpaired) electrons. The second kappa shape index (κ2) is 6.49. The second-order valence-electron chi connectivity index (χ2n) is 4.83. The number of hydrogen-bond acceptors (Lipinski definition) is 5. The third-order valence-corrected chi connectivity index (χ3v) is 2.70. The van der Waals surface area contributed by atoms with Crippen LogP contribution in [-0.2, 0) is 20.9 Å².